The summed E-state index contributed by atoms with van der Waals surface area (Å²) >= 11 is 0. The Labute approximate surface area is 237 Å². The van der Waals surface area contributed by atoms with Gasteiger partial charge in [0, 0.05) is 5.92 Å². The molecule has 0 atom stereocenters. The highest BCUT2D eigenvalue weighted by Crippen LogP contribution is 2.45. The Morgan fingerprint density at radius 2 is 0.725 bits per heavy atom. The first-order valence-electron chi connectivity index (χ1n) is 14.3. The lowest BCUT2D eigenvalue weighted by molar-refractivity contribution is 0.947. The smallest absolute Gasteiger partial charge is 0.00735 e. The average molecular weight is 513 g/mol. The van der Waals surface area contributed by atoms with E-state index in [0.717, 1.165) is 12.8 Å². The minimum absolute atomic E-state index is 0.408. The van der Waals surface area contributed by atoms with Crippen molar-refractivity contribution in [1.29, 1.82) is 0 Å². The third-order valence-corrected chi connectivity index (χ3v) is 8.39. The summed E-state index contributed by atoms with van der Waals surface area (Å²) in [5.41, 5.74) is 16.2. The average Bonchev–Trinajstić information content (AvgIpc) is 3.29. The molecule has 1 aliphatic rings. The molecular formula is C40H32. The molecule has 0 unspecified atom stereocenters. The van der Waals surface area contributed by atoms with Gasteiger partial charge in [-0.25, -0.2) is 0 Å². The Morgan fingerprint density at radius 3 is 1.12 bits per heavy atom. The second-order valence-electron chi connectivity index (χ2n) is 11.0. The SMILES string of the molecule is CC1c2cc(Cc3ccc(-c4ccccc4)cc3)ccc2-c2ccc(Cc3ccc(-c4ccccc4)cc3)cc21. The first kappa shape index (κ1) is 24.4. The van der Waals surface area contributed by atoms with E-state index in [9.17, 15) is 0 Å². The highest BCUT2D eigenvalue weighted by atomic mass is 14.3. The summed E-state index contributed by atoms with van der Waals surface area (Å²) in [4.78, 5) is 0. The third kappa shape index (κ3) is 4.78. The van der Waals surface area contributed by atoms with Gasteiger partial charge in [-0.05, 0) is 79.6 Å². The molecule has 0 aliphatic heterocycles. The van der Waals surface area contributed by atoms with Gasteiger partial charge in [0.05, 0.1) is 0 Å². The van der Waals surface area contributed by atoms with Gasteiger partial charge in [-0.2, -0.15) is 0 Å². The van der Waals surface area contributed by atoms with Crippen LogP contribution in [0.5, 0.6) is 0 Å². The number of fused-ring (bicyclic) bond motifs is 3. The standard InChI is InChI=1S/C40H32/c1-28-39-26-31(24-29-12-18-35(19-13-29)33-8-4-2-5-9-33)16-22-37(39)38-23-17-32(27-40(28)38)25-30-14-20-36(21-15-30)34-10-6-3-7-11-34/h2-23,26-28H,24-25H2,1H3. The van der Waals surface area contributed by atoms with Gasteiger partial charge in [-0.1, -0.05) is 153 Å². The van der Waals surface area contributed by atoms with E-state index in [4.69, 9.17) is 0 Å². The van der Waals surface area contributed by atoms with Crippen LogP contribution in [0.15, 0.2) is 146 Å². The van der Waals surface area contributed by atoms with Crippen molar-refractivity contribution in [1.82, 2.24) is 0 Å². The summed E-state index contributed by atoms with van der Waals surface area (Å²) in [5.74, 6) is 0.408. The normalized spacial score (nSPS) is 12.2. The van der Waals surface area contributed by atoms with Gasteiger partial charge >= 0.3 is 0 Å². The Bertz CT molecular complexity index is 1630. The molecule has 7 rings (SSSR count). The summed E-state index contributed by atoms with van der Waals surface area (Å²) in [6, 6.07) is 53.4. The van der Waals surface area contributed by atoms with Crippen molar-refractivity contribution in [3.63, 3.8) is 0 Å². The molecule has 0 N–H and O–H groups in total. The topological polar surface area (TPSA) is 0 Å². The molecule has 6 aromatic carbocycles. The van der Waals surface area contributed by atoms with E-state index >= 15 is 0 Å². The van der Waals surface area contributed by atoms with Gasteiger partial charge in [-0.3, -0.25) is 0 Å². The van der Waals surface area contributed by atoms with E-state index in [2.05, 4.69) is 153 Å². The van der Waals surface area contributed by atoms with Gasteiger partial charge in [0.2, 0.25) is 0 Å². The molecular weight excluding hydrogens is 480 g/mol. The second kappa shape index (κ2) is 10.5. The predicted molar refractivity (Wildman–Crippen MR) is 169 cm³/mol. The van der Waals surface area contributed by atoms with E-state index in [-0.39, 0.29) is 0 Å². The molecule has 1 aliphatic carbocycles. The molecule has 0 saturated carbocycles. The monoisotopic (exact) mass is 512 g/mol. The fraction of sp³-hybridized carbons (Fsp3) is 0.100. The van der Waals surface area contributed by atoms with Crippen LogP contribution in [0.3, 0.4) is 0 Å². The predicted octanol–water partition coefficient (Wildman–Crippen LogP) is 10.3. The first-order chi connectivity index (χ1) is 19.7. The van der Waals surface area contributed by atoms with Crippen LogP contribution in [-0.2, 0) is 12.8 Å². The molecule has 0 spiro atoms. The maximum atomic E-state index is 2.44. The van der Waals surface area contributed by atoms with Crippen molar-refractivity contribution in [2.24, 2.45) is 0 Å². The summed E-state index contributed by atoms with van der Waals surface area (Å²) in [7, 11) is 0. The largest absolute Gasteiger partial charge is 0.0622 e. The Hall–Kier alpha value is -4.68. The molecule has 0 heteroatoms. The van der Waals surface area contributed by atoms with Crippen LogP contribution in [0, 0.1) is 0 Å². The van der Waals surface area contributed by atoms with Crippen molar-refractivity contribution in [2.75, 3.05) is 0 Å². The molecule has 0 aromatic heterocycles. The van der Waals surface area contributed by atoms with Crippen molar-refractivity contribution in [3.05, 3.63) is 179 Å². The lowest BCUT2D eigenvalue weighted by Gasteiger charge is -2.10. The second-order valence-corrected chi connectivity index (χ2v) is 11.0. The summed E-state index contributed by atoms with van der Waals surface area (Å²) in [5, 5.41) is 0. The van der Waals surface area contributed by atoms with Crippen molar-refractivity contribution in [3.8, 4) is 33.4 Å². The van der Waals surface area contributed by atoms with E-state index in [1.54, 1.807) is 0 Å². The summed E-state index contributed by atoms with van der Waals surface area (Å²) in [6.45, 7) is 2.36. The van der Waals surface area contributed by atoms with Crippen LogP contribution in [0.2, 0.25) is 0 Å². The number of hydrogen-bond acceptors (Lipinski definition) is 0. The van der Waals surface area contributed by atoms with Gasteiger partial charge in [-0.15, -0.1) is 0 Å². The van der Waals surface area contributed by atoms with Crippen molar-refractivity contribution in [2.45, 2.75) is 25.7 Å². The van der Waals surface area contributed by atoms with Gasteiger partial charge in [0.15, 0.2) is 0 Å². The van der Waals surface area contributed by atoms with E-state index < -0.39 is 0 Å². The maximum Gasteiger partial charge on any atom is 0.00735 e. The molecule has 0 fully saturated rings. The molecule has 0 radical (unpaired) electrons. The molecule has 0 saturated heterocycles. The van der Waals surface area contributed by atoms with Gasteiger partial charge in [0.25, 0.3) is 0 Å². The summed E-state index contributed by atoms with van der Waals surface area (Å²) in [6.07, 6.45) is 1.91. The minimum Gasteiger partial charge on any atom is -0.0622 e. The van der Waals surface area contributed by atoms with E-state index in [0.29, 0.717) is 5.92 Å². The van der Waals surface area contributed by atoms with Crippen molar-refractivity contribution < 1.29 is 0 Å². The quantitative estimate of drug-likeness (QED) is 0.208. The molecule has 6 aromatic rings. The molecule has 0 amide bonds. The molecule has 0 nitrogen and oxygen atoms in total. The fourth-order valence-electron chi connectivity index (χ4n) is 6.18. The van der Waals surface area contributed by atoms with Crippen LogP contribution >= 0.6 is 0 Å². The highest BCUT2D eigenvalue weighted by Gasteiger charge is 2.25. The zero-order valence-electron chi connectivity index (χ0n) is 22.8. The number of rotatable bonds is 6. The number of hydrogen-bond donors (Lipinski definition) is 0. The zero-order chi connectivity index (χ0) is 26.9. The van der Waals surface area contributed by atoms with E-state index in [1.165, 1.54) is 66.8 Å². The van der Waals surface area contributed by atoms with Crippen LogP contribution in [0.25, 0.3) is 33.4 Å². The molecule has 0 heterocycles. The van der Waals surface area contributed by atoms with Crippen molar-refractivity contribution >= 4 is 0 Å². The van der Waals surface area contributed by atoms with Crippen LogP contribution in [0.1, 0.15) is 46.2 Å². The third-order valence-electron chi connectivity index (χ3n) is 8.39. The first-order valence-corrected chi connectivity index (χ1v) is 14.3. The fourth-order valence-corrected chi connectivity index (χ4v) is 6.18. The Morgan fingerprint density at radius 1 is 0.375 bits per heavy atom. The highest BCUT2D eigenvalue weighted by molar-refractivity contribution is 5.79. The van der Waals surface area contributed by atoms with Crippen LogP contribution in [-0.4, -0.2) is 0 Å². The summed E-state index contributed by atoms with van der Waals surface area (Å²) < 4.78 is 0. The molecule has 40 heavy (non-hydrogen) atoms. The minimum atomic E-state index is 0.408. The van der Waals surface area contributed by atoms with Gasteiger partial charge < -0.3 is 0 Å². The Kier molecular flexibility index (Phi) is 6.38. The van der Waals surface area contributed by atoms with Gasteiger partial charge in [0.1, 0.15) is 0 Å². The maximum absolute atomic E-state index is 2.44. The molecule has 0 bridgehead atoms. The lowest BCUT2D eigenvalue weighted by atomic mass is 9.94. The zero-order valence-corrected chi connectivity index (χ0v) is 22.8. The lowest BCUT2D eigenvalue weighted by Crippen LogP contribution is -1.95. The Balaban J connectivity index is 1.07. The van der Waals surface area contributed by atoms with Crippen LogP contribution in [0.4, 0.5) is 0 Å². The number of benzene rings is 6. The molecule has 192 valence electrons. The van der Waals surface area contributed by atoms with E-state index in [1.807, 2.05) is 0 Å². The van der Waals surface area contributed by atoms with Crippen LogP contribution < -0.4 is 0 Å².